The Morgan fingerprint density at radius 1 is 1.14 bits per heavy atom. The van der Waals surface area contributed by atoms with Gasteiger partial charge >= 0.3 is 5.97 Å². The van der Waals surface area contributed by atoms with Crippen molar-refractivity contribution in [1.82, 2.24) is 0 Å². The molecule has 2 aromatic carbocycles. The molecule has 3 rings (SSSR count). The van der Waals surface area contributed by atoms with Crippen molar-refractivity contribution in [3.05, 3.63) is 70.9 Å². The lowest BCUT2D eigenvalue weighted by molar-refractivity contribution is -0.129. The molecule has 0 aliphatic carbocycles. The number of aryl methyl sites for hydroxylation is 1. The van der Waals surface area contributed by atoms with E-state index in [1.165, 1.54) is 0 Å². The number of cyclic esters (lactones) is 1. The van der Waals surface area contributed by atoms with Crippen molar-refractivity contribution in [2.75, 3.05) is 7.11 Å². The van der Waals surface area contributed by atoms with Crippen LogP contribution in [0.5, 0.6) is 5.75 Å². The number of hydrogen-bond acceptors (Lipinski definition) is 4. The molecule has 0 unspecified atom stereocenters. The minimum absolute atomic E-state index is 0.281. The Morgan fingerprint density at radius 2 is 1.91 bits per heavy atom. The van der Waals surface area contributed by atoms with Crippen molar-refractivity contribution in [2.24, 2.45) is 4.99 Å². The molecule has 0 saturated carbocycles. The Bertz CT molecular complexity index is 773. The fourth-order valence-electron chi connectivity index (χ4n) is 2.12. The molecule has 1 aliphatic rings. The van der Waals surface area contributed by atoms with Gasteiger partial charge in [0, 0.05) is 5.56 Å². The standard InChI is InChI=1S/C18H15NO3/c1-12-6-8-14(9-7-12)17-19-16(18(20)22-17)11-13-4-3-5-15(10-13)21-2/h3-11H,1-2H3. The number of benzene rings is 2. The first-order chi connectivity index (χ1) is 10.7. The zero-order chi connectivity index (χ0) is 15.5. The zero-order valence-corrected chi connectivity index (χ0v) is 12.4. The summed E-state index contributed by atoms with van der Waals surface area (Å²) in [5.41, 5.74) is 3.04. The van der Waals surface area contributed by atoms with Crippen molar-refractivity contribution in [3.8, 4) is 5.75 Å². The van der Waals surface area contributed by atoms with Gasteiger partial charge in [-0.1, -0.05) is 29.8 Å². The van der Waals surface area contributed by atoms with Gasteiger partial charge in [-0.05, 0) is 42.8 Å². The molecule has 0 atom stereocenters. The third-order valence-electron chi connectivity index (χ3n) is 3.32. The summed E-state index contributed by atoms with van der Waals surface area (Å²) in [5, 5.41) is 0. The lowest BCUT2D eigenvalue weighted by Crippen LogP contribution is -2.05. The van der Waals surface area contributed by atoms with E-state index in [1.807, 2.05) is 55.5 Å². The summed E-state index contributed by atoms with van der Waals surface area (Å²) < 4.78 is 10.4. The van der Waals surface area contributed by atoms with Crippen LogP contribution in [0.1, 0.15) is 16.7 Å². The van der Waals surface area contributed by atoms with Crippen molar-refractivity contribution in [1.29, 1.82) is 0 Å². The summed E-state index contributed by atoms with van der Waals surface area (Å²) in [4.78, 5) is 16.2. The average Bonchev–Trinajstić information content (AvgIpc) is 2.89. The molecule has 0 N–H and O–H groups in total. The minimum Gasteiger partial charge on any atom is -0.497 e. The molecule has 1 heterocycles. The van der Waals surface area contributed by atoms with E-state index in [-0.39, 0.29) is 5.70 Å². The van der Waals surface area contributed by atoms with Crippen LogP contribution in [0, 0.1) is 6.92 Å². The monoisotopic (exact) mass is 293 g/mol. The van der Waals surface area contributed by atoms with E-state index in [0.717, 1.165) is 22.4 Å². The molecule has 4 nitrogen and oxygen atoms in total. The van der Waals surface area contributed by atoms with Gasteiger partial charge in [0.25, 0.3) is 0 Å². The molecule has 0 saturated heterocycles. The second kappa shape index (κ2) is 5.85. The lowest BCUT2D eigenvalue weighted by atomic mass is 10.1. The van der Waals surface area contributed by atoms with Crippen molar-refractivity contribution < 1.29 is 14.3 Å². The number of aliphatic imine (C=N–C) groups is 1. The number of esters is 1. The highest BCUT2D eigenvalue weighted by molar-refractivity contribution is 6.12. The first kappa shape index (κ1) is 14.1. The first-order valence-corrected chi connectivity index (χ1v) is 6.89. The second-order valence-corrected chi connectivity index (χ2v) is 4.98. The highest BCUT2D eigenvalue weighted by Crippen LogP contribution is 2.21. The quantitative estimate of drug-likeness (QED) is 0.644. The Hall–Kier alpha value is -2.88. The minimum atomic E-state index is -0.446. The predicted octanol–water partition coefficient (Wildman–Crippen LogP) is 3.35. The summed E-state index contributed by atoms with van der Waals surface area (Å²) in [6.07, 6.45) is 1.69. The third kappa shape index (κ3) is 2.91. The smallest absolute Gasteiger partial charge is 0.363 e. The molecule has 0 bridgehead atoms. The highest BCUT2D eigenvalue weighted by atomic mass is 16.6. The van der Waals surface area contributed by atoms with Gasteiger partial charge in [-0.15, -0.1) is 0 Å². The molecule has 0 spiro atoms. The van der Waals surface area contributed by atoms with E-state index in [9.17, 15) is 4.79 Å². The molecule has 0 aromatic heterocycles. The van der Waals surface area contributed by atoms with Gasteiger partial charge in [0.15, 0.2) is 5.70 Å². The van der Waals surface area contributed by atoms with Crippen LogP contribution in [-0.4, -0.2) is 19.0 Å². The topological polar surface area (TPSA) is 47.9 Å². The van der Waals surface area contributed by atoms with Crippen molar-refractivity contribution in [2.45, 2.75) is 6.92 Å². The summed E-state index contributed by atoms with van der Waals surface area (Å²) in [6.45, 7) is 2.00. The second-order valence-electron chi connectivity index (χ2n) is 4.98. The summed E-state index contributed by atoms with van der Waals surface area (Å²) >= 11 is 0. The Balaban J connectivity index is 1.92. The molecule has 1 aliphatic heterocycles. The molecule has 22 heavy (non-hydrogen) atoms. The summed E-state index contributed by atoms with van der Waals surface area (Å²) in [5.74, 6) is 0.612. The number of ether oxygens (including phenoxy) is 2. The molecule has 2 aromatic rings. The summed E-state index contributed by atoms with van der Waals surface area (Å²) in [7, 11) is 1.60. The third-order valence-corrected chi connectivity index (χ3v) is 3.32. The number of hydrogen-bond donors (Lipinski definition) is 0. The number of rotatable bonds is 3. The summed E-state index contributed by atoms with van der Waals surface area (Å²) in [6, 6.07) is 15.1. The van der Waals surface area contributed by atoms with Gasteiger partial charge < -0.3 is 9.47 Å². The van der Waals surface area contributed by atoms with Crippen LogP contribution in [0.4, 0.5) is 0 Å². The molecular weight excluding hydrogens is 278 g/mol. The van der Waals surface area contributed by atoms with Gasteiger partial charge in [0.2, 0.25) is 5.90 Å². The fraction of sp³-hybridized carbons (Fsp3) is 0.111. The van der Waals surface area contributed by atoms with Crippen LogP contribution in [0.25, 0.3) is 6.08 Å². The van der Waals surface area contributed by atoms with Crippen molar-refractivity contribution in [3.63, 3.8) is 0 Å². The Kier molecular flexibility index (Phi) is 3.74. The maximum absolute atomic E-state index is 11.9. The number of carbonyl (C=O) groups is 1. The van der Waals surface area contributed by atoms with E-state index in [1.54, 1.807) is 13.2 Å². The number of carbonyl (C=O) groups excluding carboxylic acids is 1. The molecule has 0 amide bonds. The van der Waals surface area contributed by atoms with E-state index in [2.05, 4.69) is 4.99 Å². The van der Waals surface area contributed by atoms with Gasteiger partial charge in [-0.3, -0.25) is 0 Å². The SMILES string of the molecule is COc1cccc(C=C2N=C(c3ccc(C)cc3)OC2=O)c1. The van der Waals surface area contributed by atoms with Crippen LogP contribution in [0.2, 0.25) is 0 Å². The van der Waals surface area contributed by atoms with E-state index < -0.39 is 5.97 Å². The predicted molar refractivity (Wildman–Crippen MR) is 84.8 cm³/mol. The highest BCUT2D eigenvalue weighted by Gasteiger charge is 2.23. The van der Waals surface area contributed by atoms with E-state index >= 15 is 0 Å². The van der Waals surface area contributed by atoms with E-state index in [0.29, 0.717) is 5.90 Å². The van der Waals surface area contributed by atoms with E-state index in [4.69, 9.17) is 9.47 Å². The normalized spacial score (nSPS) is 15.6. The average molecular weight is 293 g/mol. The maximum Gasteiger partial charge on any atom is 0.363 e. The Morgan fingerprint density at radius 3 is 2.64 bits per heavy atom. The van der Waals surface area contributed by atoms with Crippen LogP contribution >= 0.6 is 0 Å². The van der Waals surface area contributed by atoms with Crippen molar-refractivity contribution >= 4 is 17.9 Å². The zero-order valence-electron chi connectivity index (χ0n) is 12.4. The number of nitrogens with zero attached hydrogens (tertiary/aromatic N) is 1. The molecule has 0 radical (unpaired) electrons. The van der Waals surface area contributed by atoms with Crippen LogP contribution in [-0.2, 0) is 9.53 Å². The van der Waals surface area contributed by atoms with Crippen LogP contribution in [0.3, 0.4) is 0 Å². The Labute approximate surface area is 128 Å². The largest absolute Gasteiger partial charge is 0.497 e. The van der Waals surface area contributed by atoms with Gasteiger partial charge in [-0.2, -0.15) is 0 Å². The van der Waals surface area contributed by atoms with Gasteiger partial charge in [0.1, 0.15) is 5.75 Å². The van der Waals surface area contributed by atoms with Crippen LogP contribution in [0.15, 0.2) is 59.2 Å². The molecular formula is C18H15NO3. The van der Waals surface area contributed by atoms with Crippen LogP contribution < -0.4 is 4.74 Å². The lowest BCUT2D eigenvalue weighted by Gasteiger charge is -2.00. The first-order valence-electron chi connectivity index (χ1n) is 6.89. The number of methoxy groups -OCH3 is 1. The van der Waals surface area contributed by atoms with Gasteiger partial charge in [-0.25, -0.2) is 9.79 Å². The fourth-order valence-corrected chi connectivity index (χ4v) is 2.12. The van der Waals surface area contributed by atoms with Gasteiger partial charge in [0.05, 0.1) is 7.11 Å². The molecule has 4 heteroatoms. The maximum atomic E-state index is 11.9. The molecule has 0 fully saturated rings. The molecule has 110 valence electrons.